The lowest BCUT2D eigenvalue weighted by Crippen LogP contribution is -2.68. The Morgan fingerprint density at radius 3 is 2.63 bits per heavy atom. The van der Waals surface area contributed by atoms with Crippen LogP contribution in [0.1, 0.15) is 27.2 Å². The number of nitrogens with zero attached hydrogens (tertiary/aromatic N) is 3. The summed E-state index contributed by atoms with van der Waals surface area (Å²) in [6.07, 6.45) is 1.57. The van der Waals surface area contributed by atoms with E-state index in [9.17, 15) is 0 Å². The molecule has 4 rings (SSSR count). The average Bonchev–Trinajstić information content (AvgIpc) is 3.20. The van der Waals surface area contributed by atoms with E-state index in [0.29, 0.717) is 18.1 Å². The van der Waals surface area contributed by atoms with Crippen molar-refractivity contribution < 1.29 is 9.47 Å². The minimum Gasteiger partial charge on any atom is -0.492 e. The minimum absolute atomic E-state index is 0. The summed E-state index contributed by atoms with van der Waals surface area (Å²) < 4.78 is 11.8. The smallest absolute Gasteiger partial charge is 0.194 e. The summed E-state index contributed by atoms with van der Waals surface area (Å²) in [7, 11) is 0. The fourth-order valence-electron chi connectivity index (χ4n) is 5.14. The maximum atomic E-state index is 5.96. The molecule has 1 saturated carbocycles. The van der Waals surface area contributed by atoms with E-state index >= 15 is 0 Å². The number of para-hydroxylation sites is 1. The molecule has 7 heteroatoms. The molecule has 0 radical (unpaired) electrons. The molecule has 30 heavy (non-hydrogen) atoms. The monoisotopic (exact) mass is 528 g/mol. The van der Waals surface area contributed by atoms with Crippen molar-refractivity contribution in [2.75, 3.05) is 52.5 Å². The van der Waals surface area contributed by atoms with Crippen molar-refractivity contribution in [2.45, 2.75) is 39.3 Å². The van der Waals surface area contributed by atoms with Gasteiger partial charge in [0.15, 0.2) is 5.96 Å². The van der Waals surface area contributed by atoms with Gasteiger partial charge in [-0.15, -0.1) is 24.0 Å². The highest BCUT2D eigenvalue weighted by Gasteiger charge is 2.59. The number of aliphatic imine (C=N–C) groups is 1. The third-order valence-corrected chi connectivity index (χ3v) is 6.78. The zero-order valence-electron chi connectivity index (χ0n) is 18.5. The van der Waals surface area contributed by atoms with Gasteiger partial charge in [0, 0.05) is 63.3 Å². The molecule has 0 aromatic heterocycles. The lowest BCUT2D eigenvalue weighted by molar-refractivity contribution is -0.107. The molecular weight excluding hydrogens is 491 g/mol. The Bertz CT molecular complexity index is 692. The molecule has 2 aliphatic heterocycles. The van der Waals surface area contributed by atoms with E-state index in [4.69, 9.17) is 14.5 Å². The maximum absolute atomic E-state index is 5.96. The molecule has 3 unspecified atom stereocenters. The van der Waals surface area contributed by atoms with E-state index in [1.807, 2.05) is 30.3 Å². The van der Waals surface area contributed by atoms with Crippen molar-refractivity contribution in [2.24, 2.45) is 16.3 Å². The summed E-state index contributed by atoms with van der Waals surface area (Å²) in [6.45, 7) is 14.3. The van der Waals surface area contributed by atoms with Crippen molar-refractivity contribution >= 4 is 29.9 Å². The minimum atomic E-state index is 0. The van der Waals surface area contributed by atoms with Crippen molar-refractivity contribution in [3.8, 4) is 5.75 Å². The van der Waals surface area contributed by atoms with Gasteiger partial charge in [0.2, 0.25) is 0 Å². The SMILES string of the molecule is CCN=C(NC1C2CCOC2C1(C)C)N1CCN(CCOc2ccccc2)CC1.I. The molecule has 2 heterocycles. The second-order valence-electron chi connectivity index (χ2n) is 8.98. The van der Waals surface area contributed by atoms with Gasteiger partial charge >= 0.3 is 0 Å². The highest BCUT2D eigenvalue weighted by molar-refractivity contribution is 14.0. The number of halogens is 1. The molecule has 1 N–H and O–H groups in total. The van der Waals surface area contributed by atoms with Crippen molar-refractivity contribution in [1.82, 2.24) is 15.1 Å². The lowest BCUT2D eigenvalue weighted by atomic mass is 9.57. The van der Waals surface area contributed by atoms with Gasteiger partial charge < -0.3 is 19.7 Å². The number of fused-ring (bicyclic) bond motifs is 1. The second kappa shape index (κ2) is 10.5. The fraction of sp³-hybridized carbons (Fsp3) is 0.696. The summed E-state index contributed by atoms with van der Waals surface area (Å²) in [6, 6.07) is 10.5. The van der Waals surface area contributed by atoms with Crippen LogP contribution in [0.2, 0.25) is 0 Å². The van der Waals surface area contributed by atoms with E-state index in [0.717, 1.165) is 64.2 Å². The van der Waals surface area contributed by atoms with Gasteiger partial charge in [0.1, 0.15) is 12.4 Å². The van der Waals surface area contributed by atoms with Crippen LogP contribution < -0.4 is 10.1 Å². The summed E-state index contributed by atoms with van der Waals surface area (Å²) >= 11 is 0. The Balaban J connectivity index is 0.00000256. The zero-order chi connectivity index (χ0) is 20.3. The number of piperazine rings is 1. The first kappa shape index (κ1) is 23.6. The molecule has 1 aliphatic carbocycles. The predicted molar refractivity (Wildman–Crippen MR) is 132 cm³/mol. The highest BCUT2D eigenvalue weighted by Crippen LogP contribution is 2.52. The van der Waals surface area contributed by atoms with Gasteiger partial charge in [-0.1, -0.05) is 32.0 Å². The second-order valence-corrected chi connectivity index (χ2v) is 8.98. The van der Waals surface area contributed by atoms with Crippen LogP contribution in [0.5, 0.6) is 5.75 Å². The van der Waals surface area contributed by atoms with Crippen molar-refractivity contribution in [3.05, 3.63) is 30.3 Å². The van der Waals surface area contributed by atoms with Crippen LogP contribution in [-0.2, 0) is 4.74 Å². The Morgan fingerprint density at radius 1 is 1.20 bits per heavy atom. The lowest BCUT2D eigenvalue weighted by Gasteiger charge is -2.55. The van der Waals surface area contributed by atoms with Crippen molar-refractivity contribution in [1.29, 1.82) is 0 Å². The molecule has 1 aromatic rings. The van der Waals surface area contributed by atoms with Gasteiger partial charge in [0.05, 0.1) is 6.10 Å². The van der Waals surface area contributed by atoms with Gasteiger partial charge in [-0.3, -0.25) is 9.89 Å². The Kier molecular flexibility index (Phi) is 8.26. The normalized spacial score (nSPS) is 28.3. The first-order chi connectivity index (χ1) is 14.1. The number of benzene rings is 1. The van der Waals surface area contributed by atoms with Crippen LogP contribution in [0.25, 0.3) is 0 Å². The Hall–Kier alpha value is -1.06. The van der Waals surface area contributed by atoms with E-state index in [1.54, 1.807) is 0 Å². The number of rotatable bonds is 6. The highest BCUT2D eigenvalue weighted by atomic mass is 127. The van der Waals surface area contributed by atoms with Crippen LogP contribution in [0.4, 0.5) is 0 Å². The third-order valence-electron chi connectivity index (χ3n) is 6.78. The summed E-state index contributed by atoms with van der Waals surface area (Å²) in [5.41, 5.74) is 0.173. The van der Waals surface area contributed by atoms with Crippen LogP contribution in [-0.4, -0.2) is 80.4 Å². The first-order valence-electron chi connectivity index (χ1n) is 11.2. The van der Waals surface area contributed by atoms with E-state index in [2.05, 4.69) is 35.9 Å². The molecule has 0 amide bonds. The number of hydrogen-bond acceptors (Lipinski definition) is 4. The number of guanidine groups is 1. The summed E-state index contributed by atoms with van der Waals surface area (Å²) in [4.78, 5) is 9.73. The Labute approximate surface area is 198 Å². The third kappa shape index (κ3) is 5.05. The molecule has 3 fully saturated rings. The fourth-order valence-corrected chi connectivity index (χ4v) is 5.14. The molecule has 3 atom stereocenters. The van der Waals surface area contributed by atoms with Crippen LogP contribution in [0.15, 0.2) is 35.3 Å². The Morgan fingerprint density at radius 2 is 1.93 bits per heavy atom. The van der Waals surface area contributed by atoms with E-state index < -0.39 is 0 Å². The molecule has 0 spiro atoms. The van der Waals surface area contributed by atoms with E-state index in [1.165, 1.54) is 6.42 Å². The van der Waals surface area contributed by atoms with Gasteiger partial charge in [-0.25, -0.2) is 0 Å². The molecule has 2 saturated heterocycles. The summed E-state index contributed by atoms with van der Waals surface area (Å²) in [5.74, 6) is 2.66. The van der Waals surface area contributed by atoms with Gasteiger partial charge in [-0.05, 0) is 25.5 Å². The topological polar surface area (TPSA) is 49.3 Å². The van der Waals surface area contributed by atoms with Gasteiger partial charge in [-0.2, -0.15) is 0 Å². The summed E-state index contributed by atoms with van der Waals surface area (Å²) in [5, 5.41) is 3.82. The zero-order valence-corrected chi connectivity index (χ0v) is 20.9. The molecule has 168 valence electrons. The van der Waals surface area contributed by atoms with Gasteiger partial charge in [0.25, 0.3) is 0 Å². The maximum Gasteiger partial charge on any atom is 0.194 e. The number of ether oxygens (including phenoxy) is 2. The molecular formula is C23H37IN4O2. The number of nitrogens with one attached hydrogen (secondary N) is 1. The quantitative estimate of drug-likeness (QED) is 0.350. The largest absolute Gasteiger partial charge is 0.492 e. The van der Waals surface area contributed by atoms with Crippen LogP contribution >= 0.6 is 24.0 Å². The predicted octanol–water partition coefficient (Wildman–Crippen LogP) is 3.08. The van der Waals surface area contributed by atoms with Crippen molar-refractivity contribution in [3.63, 3.8) is 0 Å². The standard InChI is InChI=1S/C23H36N4O2.HI/c1-4-24-22(25-20-19-10-16-29-21(19)23(20,2)3)27-13-11-26(12-14-27)15-17-28-18-8-6-5-7-9-18;/h5-9,19-21H,4,10-17H2,1-3H3,(H,24,25);1H. The molecule has 1 aromatic carbocycles. The molecule has 0 bridgehead atoms. The average molecular weight is 528 g/mol. The van der Waals surface area contributed by atoms with Crippen LogP contribution in [0.3, 0.4) is 0 Å². The molecule has 3 aliphatic rings. The number of hydrogen-bond donors (Lipinski definition) is 1. The molecule has 6 nitrogen and oxygen atoms in total. The van der Waals surface area contributed by atoms with Crippen LogP contribution in [0, 0.1) is 11.3 Å². The first-order valence-corrected chi connectivity index (χ1v) is 11.2. The van der Waals surface area contributed by atoms with E-state index in [-0.39, 0.29) is 29.4 Å².